The van der Waals surface area contributed by atoms with E-state index in [1.54, 1.807) is 0 Å². The molecule has 0 aliphatic rings. The number of phosphoric acid groups is 1. The van der Waals surface area contributed by atoms with Gasteiger partial charge in [-0.2, -0.15) is 0 Å². The fraction of sp³-hybridized carbons (Fsp3) is 0.809. The minimum atomic E-state index is -4.28. The van der Waals surface area contributed by atoms with Crippen LogP contribution in [0.25, 0.3) is 0 Å². The van der Waals surface area contributed by atoms with Crippen LogP contribution >= 0.6 is 7.82 Å². The molecule has 8 nitrogen and oxygen atoms in total. The van der Waals surface area contributed by atoms with E-state index in [2.05, 4.69) is 62.5 Å². The van der Waals surface area contributed by atoms with Crippen molar-refractivity contribution in [1.82, 2.24) is 0 Å². The van der Waals surface area contributed by atoms with Crippen molar-refractivity contribution in [2.75, 3.05) is 33.0 Å². The van der Waals surface area contributed by atoms with Gasteiger partial charge >= 0.3 is 13.8 Å². The molecule has 0 aromatic rings. The molecule has 2 unspecified atom stereocenters. The molecule has 0 amide bonds. The van der Waals surface area contributed by atoms with E-state index in [0.29, 0.717) is 13.0 Å². The average molecular weight is 810 g/mol. The minimum absolute atomic E-state index is 0.0965. The number of unbranched alkanes of at least 4 members (excludes halogenated alkanes) is 23. The van der Waals surface area contributed by atoms with Gasteiger partial charge in [-0.15, -0.1) is 0 Å². The quantitative estimate of drug-likeness (QED) is 0.0270. The van der Waals surface area contributed by atoms with Gasteiger partial charge in [0.2, 0.25) is 0 Å². The number of hydrogen-bond donors (Lipinski definition) is 2. The fourth-order valence-corrected chi connectivity index (χ4v) is 7.06. The van der Waals surface area contributed by atoms with Gasteiger partial charge in [0.1, 0.15) is 6.10 Å². The zero-order chi connectivity index (χ0) is 40.9. The topological polar surface area (TPSA) is 117 Å². The summed E-state index contributed by atoms with van der Waals surface area (Å²) in [4.78, 5) is 22.5. The molecule has 0 fully saturated rings. The summed E-state index contributed by atoms with van der Waals surface area (Å²) >= 11 is 0. The molecule has 0 aliphatic heterocycles. The van der Waals surface area contributed by atoms with Gasteiger partial charge in [0.15, 0.2) is 0 Å². The van der Waals surface area contributed by atoms with Gasteiger partial charge in [0, 0.05) is 19.6 Å². The number of rotatable bonds is 44. The number of carbonyl (C=O) groups excluding carboxylic acids is 1. The van der Waals surface area contributed by atoms with Crippen LogP contribution in [-0.4, -0.2) is 49.9 Å². The molecule has 0 bridgehead atoms. The number of phosphoric ester groups is 1. The highest BCUT2D eigenvalue weighted by Gasteiger charge is 2.25. The van der Waals surface area contributed by atoms with Crippen molar-refractivity contribution in [3.8, 4) is 0 Å². The molecule has 9 heteroatoms. The lowest BCUT2D eigenvalue weighted by atomic mass is 10.1. The normalized spacial score (nSPS) is 13.9. The Bertz CT molecular complexity index is 999. The van der Waals surface area contributed by atoms with Gasteiger partial charge in [-0.05, 0) is 77.0 Å². The van der Waals surface area contributed by atoms with E-state index >= 15 is 0 Å². The minimum Gasteiger partial charge on any atom is -0.457 e. The van der Waals surface area contributed by atoms with E-state index in [0.717, 1.165) is 57.8 Å². The van der Waals surface area contributed by atoms with E-state index in [1.807, 2.05) is 0 Å². The molecule has 328 valence electrons. The van der Waals surface area contributed by atoms with Crippen molar-refractivity contribution in [3.63, 3.8) is 0 Å². The molecule has 0 saturated heterocycles. The predicted octanol–water partition coefficient (Wildman–Crippen LogP) is 14.0. The van der Waals surface area contributed by atoms with Crippen molar-refractivity contribution in [1.29, 1.82) is 0 Å². The Balaban J connectivity index is 4.02. The second-order valence-corrected chi connectivity index (χ2v) is 16.7. The van der Waals surface area contributed by atoms with Crippen LogP contribution in [0, 0.1) is 0 Å². The van der Waals surface area contributed by atoms with Crippen molar-refractivity contribution in [2.45, 2.75) is 213 Å². The third-order valence-corrected chi connectivity index (χ3v) is 10.7. The molecule has 3 N–H and O–H groups in total. The maximum Gasteiger partial charge on any atom is 0.472 e. The molecule has 0 rings (SSSR count). The molecule has 2 atom stereocenters. The van der Waals surface area contributed by atoms with Crippen LogP contribution in [-0.2, 0) is 27.9 Å². The molecule has 0 aromatic carbocycles. The van der Waals surface area contributed by atoms with E-state index in [1.165, 1.54) is 128 Å². The van der Waals surface area contributed by atoms with Crippen LogP contribution in [0.1, 0.15) is 206 Å². The van der Waals surface area contributed by atoms with Crippen LogP contribution in [0.15, 0.2) is 48.6 Å². The van der Waals surface area contributed by atoms with Crippen LogP contribution in [0.3, 0.4) is 0 Å². The number of allylic oxidation sites excluding steroid dienone is 8. The Labute approximate surface area is 345 Å². The van der Waals surface area contributed by atoms with Gasteiger partial charge < -0.3 is 20.1 Å². The van der Waals surface area contributed by atoms with Crippen molar-refractivity contribution >= 4 is 13.8 Å². The lowest BCUT2D eigenvalue weighted by Crippen LogP contribution is -2.28. The van der Waals surface area contributed by atoms with E-state index < -0.39 is 13.9 Å². The average Bonchev–Trinajstić information content (AvgIpc) is 3.19. The van der Waals surface area contributed by atoms with E-state index in [9.17, 15) is 14.3 Å². The second kappa shape index (κ2) is 44.6. The zero-order valence-electron chi connectivity index (χ0n) is 36.4. The molecule has 56 heavy (non-hydrogen) atoms. The van der Waals surface area contributed by atoms with Gasteiger partial charge in [0.25, 0.3) is 0 Å². The number of ether oxygens (including phenoxy) is 2. The summed E-state index contributed by atoms with van der Waals surface area (Å²) in [5.74, 6) is -0.338. The number of nitrogens with two attached hydrogens (primary N) is 1. The first-order valence-corrected chi connectivity index (χ1v) is 24.6. The third kappa shape index (κ3) is 43.6. The summed E-state index contributed by atoms with van der Waals surface area (Å²) < 4.78 is 33.5. The summed E-state index contributed by atoms with van der Waals surface area (Å²) in [5, 5.41) is 0. The summed E-state index contributed by atoms with van der Waals surface area (Å²) in [6, 6.07) is 0. The Kier molecular flexibility index (Phi) is 43.3. The molecule has 0 saturated carbocycles. The number of esters is 1. The summed E-state index contributed by atoms with van der Waals surface area (Å²) in [7, 11) is -4.28. The van der Waals surface area contributed by atoms with Gasteiger partial charge in [-0.1, -0.05) is 172 Å². The van der Waals surface area contributed by atoms with Gasteiger partial charge in [0.05, 0.1) is 19.8 Å². The van der Waals surface area contributed by atoms with E-state index in [-0.39, 0.29) is 32.3 Å². The standard InChI is InChI=1S/C47H88NO7P/c1-3-5-7-9-11-13-15-17-19-21-22-23-24-25-26-28-30-32-34-36-38-40-47(49)55-46(45-54-56(50,51)53-43-41-48)44-52-42-39-37-35-33-31-29-27-20-18-16-14-12-10-8-6-4-2/h12,14-15,17-18,20-22,46H,3-11,13,16,19,23-45,48H2,1-2H3,(H,50,51)/b14-12-,17-15-,20-18-,22-21-. The monoisotopic (exact) mass is 810 g/mol. The maximum atomic E-state index is 12.6. The maximum absolute atomic E-state index is 12.6. The van der Waals surface area contributed by atoms with E-state index in [4.69, 9.17) is 24.3 Å². The largest absolute Gasteiger partial charge is 0.472 e. The van der Waals surface area contributed by atoms with Crippen molar-refractivity contribution < 1.29 is 32.8 Å². The van der Waals surface area contributed by atoms with Crippen LogP contribution in [0.4, 0.5) is 0 Å². The molecule has 0 heterocycles. The Morgan fingerprint density at radius 1 is 0.536 bits per heavy atom. The van der Waals surface area contributed by atoms with Crippen molar-refractivity contribution in [3.05, 3.63) is 48.6 Å². The Hall–Kier alpha value is -1.54. The molecule has 0 aliphatic carbocycles. The molecular weight excluding hydrogens is 721 g/mol. The fourth-order valence-electron chi connectivity index (χ4n) is 6.29. The first kappa shape index (κ1) is 54.5. The van der Waals surface area contributed by atoms with Gasteiger partial charge in [-0.3, -0.25) is 13.8 Å². The molecular formula is C47H88NO7P. The van der Waals surface area contributed by atoms with Crippen LogP contribution in [0.2, 0.25) is 0 Å². The molecule has 0 spiro atoms. The van der Waals surface area contributed by atoms with Gasteiger partial charge in [-0.25, -0.2) is 4.57 Å². The molecule has 0 aromatic heterocycles. The second-order valence-electron chi connectivity index (χ2n) is 15.3. The predicted molar refractivity (Wildman–Crippen MR) is 238 cm³/mol. The summed E-state index contributed by atoms with van der Waals surface area (Å²) in [6.07, 6.45) is 52.7. The SMILES string of the molecule is CCCCC/C=C\C/C=C\CCCCCCCCOCC(COP(=O)(O)OCCN)OC(=O)CCCCCCCCCCC/C=C\C/C=C\CCCCCCC. The van der Waals surface area contributed by atoms with Crippen LogP contribution in [0.5, 0.6) is 0 Å². The summed E-state index contributed by atoms with van der Waals surface area (Å²) in [5.41, 5.74) is 5.37. The number of hydrogen-bond acceptors (Lipinski definition) is 7. The highest BCUT2D eigenvalue weighted by molar-refractivity contribution is 7.47. The summed E-state index contributed by atoms with van der Waals surface area (Å²) in [6.45, 7) is 4.87. The third-order valence-electron chi connectivity index (χ3n) is 9.72. The highest BCUT2D eigenvalue weighted by atomic mass is 31.2. The lowest BCUT2D eigenvalue weighted by molar-refractivity contribution is -0.154. The van der Waals surface area contributed by atoms with Crippen LogP contribution < -0.4 is 5.73 Å². The smallest absolute Gasteiger partial charge is 0.457 e. The first-order valence-electron chi connectivity index (χ1n) is 23.1. The van der Waals surface area contributed by atoms with Crippen molar-refractivity contribution in [2.24, 2.45) is 5.73 Å². The zero-order valence-corrected chi connectivity index (χ0v) is 37.3. The Morgan fingerprint density at radius 2 is 0.946 bits per heavy atom. The highest BCUT2D eigenvalue weighted by Crippen LogP contribution is 2.43. The molecule has 0 radical (unpaired) electrons. The number of carbonyl (C=O) groups is 1. The Morgan fingerprint density at radius 3 is 1.43 bits per heavy atom. The lowest BCUT2D eigenvalue weighted by Gasteiger charge is -2.20. The first-order chi connectivity index (χ1) is 27.4.